The number of para-hydroxylation sites is 2. The smallest absolute Gasteiger partial charge is 0.205 e. The number of piperidine rings is 1. The molecule has 1 aliphatic heterocycles. The molecule has 0 unspecified atom stereocenters. The summed E-state index contributed by atoms with van der Waals surface area (Å²) in [5.74, 6) is 2.09. The summed E-state index contributed by atoms with van der Waals surface area (Å²) in [5.41, 5.74) is 2.37. The number of aryl methyl sites for hydroxylation is 1. The quantitative estimate of drug-likeness (QED) is 0.664. The van der Waals surface area contributed by atoms with Crippen LogP contribution in [0.15, 0.2) is 24.3 Å². The van der Waals surface area contributed by atoms with Crippen LogP contribution in [0.4, 0.5) is 5.13 Å². The van der Waals surface area contributed by atoms with Crippen molar-refractivity contribution in [1.29, 1.82) is 0 Å². The van der Waals surface area contributed by atoms with Gasteiger partial charge in [0.2, 0.25) is 5.13 Å². The first-order valence-electron chi connectivity index (χ1n) is 9.32. The Morgan fingerprint density at radius 2 is 2.00 bits per heavy atom. The third-order valence-electron chi connectivity index (χ3n) is 5.07. The Labute approximate surface area is 158 Å². The predicted molar refractivity (Wildman–Crippen MR) is 105 cm³/mol. The Balaban J connectivity index is 1.48. The molecule has 0 atom stereocenters. The predicted octanol–water partition coefficient (Wildman–Crippen LogP) is 3.48. The van der Waals surface area contributed by atoms with Crippen LogP contribution in [0.2, 0.25) is 0 Å². The molecule has 7 heteroatoms. The van der Waals surface area contributed by atoms with Gasteiger partial charge in [-0.05, 0) is 25.0 Å². The number of ether oxygens (including phenoxy) is 1. The van der Waals surface area contributed by atoms with Crippen LogP contribution in [0.1, 0.15) is 37.5 Å². The zero-order chi connectivity index (χ0) is 17.9. The molecular weight excluding hydrogens is 346 g/mol. The van der Waals surface area contributed by atoms with Crippen molar-refractivity contribution in [3.8, 4) is 0 Å². The number of fused-ring (bicyclic) bond motifs is 1. The van der Waals surface area contributed by atoms with Crippen molar-refractivity contribution in [3.05, 3.63) is 35.9 Å². The molecule has 6 nitrogen and oxygen atoms in total. The summed E-state index contributed by atoms with van der Waals surface area (Å²) in [6.07, 6.45) is 3.97. The monoisotopic (exact) mass is 371 g/mol. The second-order valence-electron chi connectivity index (χ2n) is 6.69. The minimum atomic E-state index is 0.509. The van der Waals surface area contributed by atoms with Gasteiger partial charge in [0.1, 0.15) is 11.6 Å². The highest BCUT2D eigenvalue weighted by Gasteiger charge is 2.25. The van der Waals surface area contributed by atoms with Gasteiger partial charge in [0, 0.05) is 50.6 Å². The molecule has 1 aromatic carbocycles. The second kappa shape index (κ2) is 7.72. The van der Waals surface area contributed by atoms with E-state index in [1.54, 1.807) is 7.11 Å². The summed E-state index contributed by atoms with van der Waals surface area (Å²) in [4.78, 5) is 11.9. The molecule has 4 rings (SSSR count). The van der Waals surface area contributed by atoms with E-state index in [2.05, 4.69) is 50.0 Å². The highest BCUT2D eigenvalue weighted by molar-refractivity contribution is 7.09. The average Bonchev–Trinajstić information content (AvgIpc) is 3.31. The number of benzene rings is 1. The minimum Gasteiger partial charge on any atom is -0.384 e. The first kappa shape index (κ1) is 17.4. The summed E-state index contributed by atoms with van der Waals surface area (Å²) in [6.45, 7) is 4.89. The molecule has 0 amide bonds. The SMILES string of the molecule is CCc1nc2ccccc2n1C1CCN(c2nc(CCOC)ns2)CC1. The summed E-state index contributed by atoms with van der Waals surface area (Å²) in [7, 11) is 1.71. The van der Waals surface area contributed by atoms with Crippen LogP contribution in [-0.4, -0.2) is 45.7 Å². The van der Waals surface area contributed by atoms with E-state index in [1.807, 2.05) is 0 Å². The molecule has 0 radical (unpaired) electrons. The molecule has 1 saturated heterocycles. The highest BCUT2D eigenvalue weighted by atomic mass is 32.1. The van der Waals surface area contributed by atoms with Crippen LogP contribution in [0.3, 0.4) is 0 Å². The van der Waals surface area contributed by atoms with Crippen LogP contribution in [0.25, 0.3) is 11.0 Å². The molecule has 3 aromatic rings. The van der Waals surface area contributed by atoms with Crippen molar-refractivity contribution in [1.82, 2.24) is 18.9 Å². The van der Waals surface area contributed by atoms with E-state index in [0.717, 1.165) is 55.2 Å². The second-order valence-corrected chi connectivity index (χ2v) is 7.42. The first-order valence-corrected chi connectivity index (χ1v) is 10.1. The lowest BCUT2D eigenvalue weighted by Crippen LogP contribution is -2.35. The number of rotatable bonds is 6. The van der Waals surface area contributed by atoms with Crippen molar-refractivity contribution >= 4 is 27.7 Å². The molecule has 1 fully saturated rings. The van der Waals surface area contributed by atoms with Crippen LogP contribution in [0.5, 0.6) is 0 Å². The molecule has 138 valence electrons. The summed E-state index contributed by atoms with van der Waals surface area (Å²) in [6, 6.07) is 8.99. The number of aromatic nitrogens is 4. The molecule has 0 spiro atoms. The number of methoxy groups -OCH3 is 1. The van der Waals surface area contributed by atoms with E-state index in [4.69, 9.17) is 9.72 Å². The van der Waals surface area contributed by atoms with Crippen LogP contribution < -0.4 is 4.90 Å². The van der Waals surface area contributed by atoms with E-state index >= 15 is 0 Å². The number of hydrogen-bond donors (Lipinski definition) is 0. The minimum absolute atomic E-state index is 0.509. The van der Waals surface area contributed by atoms with E-state index in [1.165, 1.54) is 22.9 Å². The van der Waals surface area contributed by atoms with E-state index in [9.17, 15) is 0 Å². The molecule has 3 heterocycles. The zero-order valence-electron chi connectivity index (χ0n) is 15.4. The Kier molecular flexibility index (Phi) is 5.17. The molecule has 0 aliphatic carbocycles. The fourth-order valence-corrected chi connectivity index (χ4v) is 4.50. The topological polar surface area (TPSA) is 56.1 Å². The van der Waals surface area contributed by atoms with Crippen molar-refractivity contribution < 1.29 is 4.74 Å². The highest BCUT2D eigenvalue weighted by Crippen LogP contribution is 2.31. The lowest BCUT2D eigenvalue weighted by molar-refractivity contribution is 0.201. The van der Waals surface area contributed by atoms with Gasteiger partial charge in [-0.25, -0.2) is 9.97 Å². The maximum absolute atomic E-state index is 5.12. The standard InChI is InChI=1S/C19H25N5OS/c1-3-18-20-15-6-4-5-7-16(15)24(18)14-8-11-23(12-9-14)19-21-17(22-26-19)10-13-25-2/h4-7,14H,3,8-13H2,1-2H3. The van der Waals surface area contributed by atoms with Gasteiger partial charge in [0.05, 0.1) is 17.6 Å². The van der Waals surface area contributed by atoms with Crippen molar-refractivity contribution in [2.75, 3.05) is 31.7 Å². The van der Waals surface area contributed by atoms with E-state index in [0.29, 0.717) is 12.6 Å². The van der Waals surface area contributed by atoms with Gasteiger partial charge in [-0.3, -0.25) is 0 Å². The van der Waals surface area contributed by atoms with Gasteiger partial charge in [0.25, 0.3) is 0 Å². The van der Waals surface area contributed by atoms with E-state index in [-0.39, 0.29) is 0 Å². The van der Waals surface area contributed by atoms with Crippen molar-refractivity contribution in [2.24, 2.45) is 0 Å². The molecule has 2 aromatic heterocycles. The van der Waals surface area contributed by atoms with Gasteiger partial charge >= 0.3 is 0 Å². The molecule has 26 heavy (non-hydrogen) atoms. The third kappa shape index (κ3) is 3.33. The first-order chi connectivity index (χ1) is 12.8. The Bertz CT molecular complexity index is 866. The fourth-order valence-electron chi connectivity index (χ4n) is 3.73. The van der Waals surface area contributed by atoms with Crippen molar-refractivity contribution in [2.45, 2.75) is 38.6 Å². The van der Waals surface area contributed by atoms with E-state index < -0.39 is 0 Å². The lowest BCUT2D eigenvalue weighted by atomic mass is 10.0. The third-order valence-corrected chi connectivity index (χ3v) is 5.89. The number of hydrogen-bond acceptors (Lipinski definition) is 6. The van der Waals surface area contributed by atoms with Crippen molar-refractivity contribution in [3.63, 3.8) is 0 Å². The fraction of sp³-hybridized carbons (Fsp3) is 0.526. The Morgan fingerprint density at radius 3 is 2.77 bits per heavy atom. The van der Waals surface area contributed by atoms with Gasteiger partial charge in [-0.1, -0.05) is 19.1 Å². The number of imidazole rings is 1. The molecule has 0 N–H and O–H groups in total. The van der Waals surface area contributed by atoms with Gasteiger partial charge in [-0.15, -0.1) is 0 Å². The Hall–Kier alpha value is -1.99. The van der Waals surface area contributed by atoms with Gasteiger partial charge in [0.15, 0.2) is 0 Å². The zero-order valence-corrected chi connectivity index (χ0v) is 16.2. The number of anilines is 1. The maximum atomic E-state index is 5.12. The van der Waals surface area contributed by atoms with Crippen LogP contribution >= 0.6 is 11.5 Å². The Morgan fingerprint density at radius 1 is 1.19 bits per heavy atom. The van der Waals surface area contributed by atoms with Crippen LogP contribution in [-0.2, 0) is 17.6 Å². The van der Waals surface area contributed by atoms with Gasteiger partial charge in [-0.2, -0.15) is 4.37 Å². The largest absolute Gasteiger partial charge is 0.384 e. The maximum Gasteiger partial charge on any atom is 0.205 e. The normalized spacial score (nSPS) is 15.8. The average molecular weight is 372 g/mol. The summed E-state index contributed by atoms with van der Waals surface area (Å²) >= 11 is 1.51. The molecule has 0 bridgehead atoms. The molecular formula is C19H25N5OS. The summed E-state index contributed by atoms with van der Waals surface area (Å²) < 4.78 is 12.0. The summed E-state index contributed by atoms with van der Waals surface area (Å²) in [5, 5.41) is 1.04. The number of nitrogens with zero attached hydrogens (tertiary/aromatic N) is 5. The lowest BCUT2D eigenvalue weighted by Gasteiger charge is -2.33. The molecule has 0 saturated carbocycles. The molecule has 1 aliphatic rings. The van der Waals surface area contributed by atoms with Crippen LogP contribution in [0, 0.1) is 0 Å². The van der Waals surface area contributed by atoms with Gasteiger partial charge < -0.3 is 14.2 Å².